The van der Waals surface area contributed by atoms with E-state index >= 15 is 0 Å². The molecule has 0 unspecified atom stereocenters. The summed E-state index contributed by atoms with van der Waals surface area (Å²) in [5.74, 6) is 0.790. The van der Waals surface area contributed by atoms with Crippen LogP contribution in [0.4, 0.5) is 5.95 Å². The molecule has 1 atom stereocenters. The average Bonchev–Trinajstić information content (AvgIpc) is 3.30. The van der Waals surface area contributed by atoms with Crippen molar-refractivity contribution in [2.75, 3.05) is 18.0 Å². The Labute approximate surface area is 141 Å². The molecule has 1 fully saturated rings. The summed E-state index contributed by atoms with van der Waals surface area (Å²) in [7, 11) is 1.96. The minimum Gasteiger partial charge on any atom is -0.339 e. The molecule has 0 spiro atoms. The number of hydrogen-bond donors (Lipinski definition) is 0. The molecule has 7 heteroatoms. The smallest absolute Gasteiger partial charge is 0.225 e. The Balaban J connectivity index is 1.62. The van der Waals surface area contributed by atoms with Crippen LogP contribution in [0.2, 0.25) is 0 Å². The molecule has 1 aliphatic rings. The van der Waals surface area contributed by atoms with Gasteiger partial charge in [-0.1, -0.05) is 0 Å². The van der Waals surface area contributed by atoms with E-state index in [0.29, 0.717) is 6.04 Å². The average molecular weight is 323 g/mol. The zero-order valence-corrected chi connectivity index (χ0v) is 14.2. The largest absolute Gasteiger partial charge is 0.339 e. The van der Waals surface area contributed by atoms with E-state index < -0.39 is 0 Å². The zero-order chi connectivity index (χ0) is 16.7. The van der Waals surface area contributed by atoms with E-state index in [-0.39, 0.29) is 0 Å². The predicted octanol–water partition coefficient (Wildman–Crippen LogP) is 2.14. The maximum atomic E-state index is 4.81. The fourth-order valence-corrected chi connectivity index (χ4v) is 3.44. The first kappa shape index (κ1) is 14.9. The summed E-state index contributed by atoms with van der Waals surface area (Å²) in [6.45, 7) is 5.96. The third-order valence-electron chi connectivity index (χ3n) is 4.80. The Bertz CT molecular complexity index is 850. The van der Waals surface area contributed by atoms with Crippen molar-refractivity contribution in [1.29, 1.82) is 0 Å². The Morgan fingerprint density at radius 3 is 2.79 bits per heavy atom. The lowest BCUT2D eigenvalue weighted by Crippen LogP contribution is -2.22. The molecule has 1 aliphatic heterocycles. The molecule has 1 saturated heterocycles. The van der Waals surface area contributed by atoms with Gasteiger partial charge in [0.2, 0.25) is 5.95 Å². The van der Waals surface area contributed by atoms with Gasteiger partial charge in [-0.05, 0) is 26.3 Å². The Morgan fingerprint density at radius 1 is 1.21 bits per heavy atom. The SMILES string of the molecule is Cc1nn(C)c(C)c1-c1ccnc(N2CC[C@H](n3ccnc3)C2)n1. The minimum absolute atomic E-state index is 0.432. The highest BCUT2D eigenvalue weighted by molar-refractivity contribution is 5.65. The fraction of sp³-hybridized carbons (Fsp3) is 0.412. The van der Waals surface area contributed by atoms with Gasteiger partial charge in [-0.15, -0.1) is 0 Å². The van der Waals surface area contributed by atoms with Crippen molar-refractivity contribution >= 4 is 5.95 Å². The topological polar surface area (TPSA) is 64.7 Å². The number of anilines is 1. The molecular formula is C17H21N7. The second-order valence-electron chi connectivity index (χ2n) is 6.31. The van der Waals surface area contributed by atoms with Crippen LogP contribution < -0.4 is 4.90 Å². The van der Waals surface area contributed by atoms with Gasteiger partial charge in [-0.25, -0.2) is 15.0 Å². The van der Waals surface area contributed by atoms with E-state index in [4.69, 9.17) is 4.98 Å². The molecule has 0 aromatic carbocycles. The molecule has 0 aliphatic carbocycles. The van der Waals surface area contributed by atoms with Crippen LogP contribution in [0.1, 0.15) is 23.9 Å². The lowest BCUT2D eigenvalue weighted by atomic mass is 10.1. The van der Waals surface area contributed by atoms with Crippen molar-refractivity contribution in [3.8, 4) is 11.3 Å². The van der Waals surface area contributed by atoms with Crippen molar-refractivity contribution in [2.45, 2.75) is 26.3 Å². The summed E-state index contributed by atoms with van der Waals surface area (Å²) < 4.78 is 4.07. The monoisotopic (exact) mass is 323 g/mol. The molecular weight excluding hydrogens is 302 g/mol. The molecule has 24 heavy (non-hydrogen) atoms. The van der Waals surface area contributed by atoms with Gasteiger partial charge in [0.1, 0.15) is 0 Å². The van der Waals surface area contributed by atoms with E-state index in [1.165, 1.54) is 0 Å². The summed E-state index contributed by atoms with van der Waals surface area (Å²) in [6.07, 6.45) is 8.65. The summed E-state index contributed by atoms with van der Waals surface area (Å²) in [4.78, 5) is 15.7. The molecule has 4 heterocycles. The van der Waals surface area contributed by atoms with Gasteiger partial charge in [0.15, 0.2) is 0 Å². The lowest BCUT2D eigenvalue weighted by molar-refractivity contribution is 0.551. The molecule has 0 saturated carbocycles. The van der Waals surface area contributed by atoms with Gasteiger partial charge in [0, 0.05) is 50.0 Å². The molecule has 0 radical (unpaired) electrons. The van der Waals surface area contributed by atoms with Crippen LogP contribution >= 0.6 is 0 Å². The fourth-order valence-electron chi connectivity index (χ4n) is 3.44. The summed E-state index contributed by atoms with van der Waals surface area (Å²) in [5, 5.41) is 4.49. The molecule has 3 aromatic heterocycles. The number of aromatic nitrogens is 6. The summed E-state index contributed by atoms with van der Waals surface area (Å²) >= 11 is 0. The minimum atomic E-state index is 0.432. The van der Waals surface area contributed by atoms with Crippen LogP contribution in [-0.4, -0.2) is 42.4 Å². The maximum Gasteiger partial charge on any atom is 0.225 e. The maximum absolute atomic E-state index is 4.81. The van der Waals surface area contributed by atoms with E-state index in [1.54, 1.807) is 0 Å². The molecule has 4 rings (SSSR count). The van der Waals surface area contributed by atoms with E-state index in [1.807, 2.05) is 49.6 Å². The van der Waals surface area contributed by atoms with E-state index in [0.717, 1.165) is 48.1 Å². The van der Waals surface area contributed by atoms with Crippen LogP contribution in [0.25, 0.3) is 11.3 Å². The molecule has 0 amide bonds. The Morgan fingerprint density at radius 2 is 2.08 bits per heavy atom. The van der Waals surface area contributed by atoms with Gasteiger partial charge < -0.3 is 9.47 Å². The van der Waals surface area contributed by atoms with Gasteiger partial charge in [0.05, 0.1) is 23.8 Å². The molecule has 0 N–H and O–H groups in total. The normalized spacial score (nSPS) is 17.6. The number of aryl methyl sites for hydroxylation is 2. The standard InChI is InChI=1S/C17H21N7/c1-12-16(13(2)22(3)21-12)15-4-6-19-17(20-15)23-8-5-14(10-23)24-9-7-18-11-24/h4,6-7,9,11,14H,5,8,10H2,1-3H3/t14-/m0/s1. The summed E-state index contributed by atoms with van der Waals surface area (Å²) in [6, 6.07) is 2.39. The highest BCUT2D eigenvalue weighted by atomic mass is 15.3. The van der Waals surface area contributed by atoms with Crippen molar-refractivity contribution in [3.05, 3.63) is 42.4 Å². The van der Waals surface area contributed by atoms with Gasteiger partial charge >= 0.3 is 0 Å². The predicted molar refractivity (Wildman–Crippen MR) is 91.8 cm³/mol. The van der Waals surface area contributed by atoms with Gasteiger partial charge in [-0.3, -0.25) is 4.68 Å². The first-order valence-corrected chi connectivity index (χ1v) is 8.19. The third kappa shape index (κ3) is 2.46. The highest BCUT2D eigenvalue weighted by Gasteiger charge is 2.26. The molecule has 7 nitrogen and oxygen atoms in total. The zero-order valence-electron chi connectivity index (χ0n) is 14.2. The van der Waals surface area contributed by atoms with Gasteiger partial charge in [0.25, 0.3) is 0 Å². The van der Waals surface area contributed by atoms with E-state index in [2.05, 4.69) is 31.5 Å². The quantitative estimate of drug-likeness (QED) is 0.739. The van der Waals surface area contributed by atoms with E-state index in [9.17, 15) is 0 Å². The number of rotatable bonds is 3. The van der Waals surface area contributed by atoms with Gasteiger partial charge in [-0.2, -0.15) is 5.10 Å². The number of imidazole rings is 1. The second kappa shape index (κ2) is 5.74. The highest BCUT2D eigenvalue weighted by Crippen LogP contribution is 2.28. The first-order chi connectivity index (χ1) is 11.6. The van der Waals surface area contributed by atoms with Crippen LogP contribution in [0.15, 0.2) is 31.0 Å². The van der Waals surface area contributed by atoms with Crippen molar-refractivity contribution < 1.29 is 0 Å². The van der Waals surface area contributed by atoms with Crippen LogP contribution in [0, 0.1) is 13.8 Å². The molecule has 3 aromatic rings. The Kier molecular flexibility index (Phi) is 3.55. The number of nitrogens with zero attached hydrogens (tertiary/aromatic N) is 7. The Hall–Kier alpha value is -2.70. The third-order valence-corrected chi connectivity index (χ3v) is 4.80. The lowest BCUT2D eigenvalue weighted by Gasteiger charge is -2.17. The van der Waals surface area contributed by atoms with Crippen LogP contribution in [0.3, 0.4) is 0 Å². The van der Waals surface area contributed by atoms with Crippen molar-refractivity contribution in [3.63, 3.8) is 0 Å². The number of hydrogen-bond acceptors (Lipinski definition) is 5. The van der Waals surface area contributed by atoms with Crippen LogP contribution in [-0.2, 0) is 7.05 Å². The van der Waals surface area contributed by atoms with Crippen LogP contribution in [0.5, 0.6) is 0 Å². The molecule has 0 bridgehead atoms. The molecule has 124 valence electrons. The first-order valence-electron chi connectivity index (χ1n) is 8.19. The summed E-state index contributed by atoms with van der Waals surface area (Å²) in [5.41, 5.74) is 4.16. The van der Waals surface area contributed by atoms with Crippen molar-refractivity contribution in [2.24, 2.45) is 7.05 Å². The van der Waals surface area contributed by atoms with Crippen molar-refractivity contribution in [1.82, 2.24) is 29.3 Å². The second-order valence-corrected chi connectivity index (χ2v) is 6.31.